The number of amides is 1. The Balaban J connectivity index is 1.83. The van der Waals surface area contributed by atoms with Crippen molar-refractivity contribution in [2.24, 2.45) is 5.73 Å². The summed E-state index contributed by atoms with van der Waals surface area (Å²) in [6, 6.07) is 1.83. The molecule has 5 heteroatoms. The molecule has 1 unspecified atom stereocenters. The zero-order valence-electron chi connectivity index (χ0n) is 9.40. The fraction of sp³-hybridized carbons (Fsp3) is 0.636. The Morgan fingerprint density at radius 1 is 1.75 bits per heavy atom. The van der Waals surface area contributed by atoms with Crippen molar-refractivity contribution in [2.45, 2.75) is 38.1 Å². The molecule has 1 aliphatic rings. The van der Waals surface area contributed by atoms with Crippen molar-refractivity contribution in [1.29, 1.82) is 0 Å². The van der Waals surface area contributed by atoms with Crippen LogP contribution in [0.5, 0.6) is 0 Å². The third-order valence-corrected chi connectivity index (χ3v) is 2.63. The van der Waals surface area contributed by atoms with Crippen LogP contribution in [0.15, 0.2) is 10.6 Å². The summed E-state index contributed by atoms with van der Waals surface area (Å²) in [5, 5.41) is 6.52. The molecule has 0 aliphatic heterocycles. The molecule has 3 N–H and O–H groups in total. The minimum Gasteiger partial charge on any atom is -0.360 e. The van der Waals surface area contributed by atoms with Crippen LogP contribution in [0.4, 0.5) is 0 Å². The molecule has 0 bridgehead atoms. The van der Waals surface area contributed by atoms with E-state index in [2.05, 4.69) is 10.5 Å². The van der Waals surface area contributed by atoms with E-state index in [9.17, 15) is 4.79 Å². The molecule has 1 atom stereocenters. The van der Waals surface area contributed by atoms with Crippen molar-refractivity contribution in [3.05, 3.63) is 17.5 Å². The molecule has 16 heavy (non-hydrogen) atoms. The minimum atomic E-state index is -0.184. The summed E-state index contributed by atoms with van der Waals surface area (Å²) in [5.74, 6) is 1.13. The second kappa shape index (κ2) is 4.65. The van der Waals surface area contributed by atoms with Crippen molar-refractivity contribution in [3.8, 4) is 0 Å². The van der Waals surface area contributed by atoms with E-state index in [1.54, 1.807) is 6.07 Å². The topological polar surface area (TPSA) is 81.1 Å². The van der Waals surface area contributed by atoms with Crippen LogP contribution >= 0.6 is 0 Å². The molecule has 1 saturated carbocycles. The smallest absolute Gasteiger partial charge is 0.273 e. The van der Waals surface area contributed by atoms with E-state index < -0.39 is 0 Å². The molecule has 1 aromatic rings. The quantitative estimate of drug-likeness (QED) is 0.780. The van der Waals surface area contributed by atoms with Gasteiger partial charge in [0.05, 0.1) is 0 Å². The second-order valence-corrected chi connectivity index (χ2v) is 4.41. The van der Waals surface area contributed by atoms with Gasteiger partial charge in [-0.1, -0.05) is 5.16 Å². The lowest BCUT2D eigenvalue weighted by Crippen LogP contribution is -2.29. The molecule has 1 fully saturated rings. The van der Waals surface area contributed by atoms with Crippen LogP contribution in [-0.4, -0.2) is 23.7 Å². The maximum absolute atomic E-state index is 11.6. The first-order valence-electron chi connectivity index (χ1n) is 5.67. The highest BCUT2D eigenvalue weighted by Gasteiger charge is 2.28. The number of aromatic nitrogens is 1. The molecule has 5 nitrogen and oxygen atoms in total. The van der Waals surface area contributed by atoms with Crippen LogP contribution in [-0.2, 0) is 0 Å². The average molecular weight is 223 g/mol. The van der Waals surface area contributed by atoms with Crippen LogP contribution in [0.1, 0.15) is 48.4 Å². The predicted molar refractivity (Wildman–Crippen MR) is 59.1 cm³/mol. The highest BCUT2D eigenvalue weighted by Crippen LogP contribution is 2.40. The average Bonchev–Trinajstić information content (AvgIpc) is 2.96. The Morgan fingerprint density at radius 2 is 2.50 bits per heavy atom. The monoisotopic (exact) mass is 223 g/mol. The zero-order chi connectivity index (χ0) is 11.5. The fourth-order valence-corrected chi connectivity index (χ4v) is 1.46. The zero-order valence-corrected chi connectivity index (χ0v) is 9.40. The van der Waals surface area contributed by atoms with Crippen LogP contribution in [0.2, 0.25) is 0 Å². The molecule has 88 valence electrons. The molecule has 1 heterocycles. The Morgan fingerprint density at radius 3 is 3.12 bits per heavy atom. The van der Waals surface area contributed by atoms with Gasteiger partial charge in [-0.25, -0.2) is 0 Å². The van der Waals surface area contributed by atoms with Crippen molar-refractivity contribution < 1.29 is 9.32 Å². The first-order valence-corrected chi connectivity index (χ1v) is 5.67. The highest BCUT2D eigenvalue weighted by atomic mass is 16.5. The predicted octanol–water partition coefficient (Wildman–Crippen LogP) is 1.02. The molecule has 0 aromatic carbocycles. The molecule has 2 rings (SSSR count). The Hall–Kier alpha value is -1.36. The van der Waals surface area contributed by atoms with Gasteiger partial charge in [-0.3, -0.25) is 4.79 Å². The summed E-state index contributed by atoms with van der Waals surface area (Å²) in [5.41, 5.74) is 5.95. The molecule has 0 saturated heterocycles. The number of carbonyl (C=O) groups excluding carboxylic acids is 1. The number of rotatable bonds is 5. The first-order chi connectivity index (χ1) is 7.66. The van der Waals surface area contributed by atoms with Gasteiger partial charge in [0.2, 0.25) is 0 Å². The number of hydrogen-bond acceptors (Lipinski definition) is 4. The number of hydrogen-bond donors (Lipinski definition) is 2. The summed E-state index contributed by atoms with van der Waals surface area (Å²) in [7, 11) is 0. The van der Waals surface area contributed by atoms with Gasteiger partial charge in [-0.2, -0.15) is 0 Å². The van der Waals surface area contributed by atoms with Gasteiger partial charge in [0.1, 0.15) is 5.76 Å². The molecule has 1 amide bonds. The molecule has 0 radical (unpaired) electrons. The maximum atomic E-state index is 11.6. The van der Waals surface area contributed by atoms with E-state index in [1.165, 1.54) is 0 Å². The molecule has 1 aromatic heterocycles. The fourth-order valence-electron chi connectivity index (χ4n) is 1.46. The highest BCUT2D eigenvalue weighted by molar-refractivity contribution is 5.92. The summed E-state index contributed by atoms with van der Waals surface area (Å²) < 4.78 is 5.10. The first kappa shape index (κ1) is 11.1. The summed E-state index contributed by atoms with van der Waals surface area (Å²) in [6.45, 7) is 2.48. The normalized spacial score (nSPS) is 17.1. The van der Waals surface area contributed by atoms with Gasteiger partial charge in [0, 0.05) is 24.6 Å². The molecular weight excluding hydrogens is 206 g/mol. The van der Waals surface area contributed by atoms with Gasteiger partial charge in [0.15, 0.2) is 5.69 Å². The number of nitrogens with zero attached hydrogens (tertiary/aromatic N) is 1. The summed E-state index contributed by atoms with van der Waals surface area (Å²) in [4.78, 5) is 11.6. The van der Waals surface area contributed by atoms with Crippen molar-refractivity contribution in [2.75, 3.05) is 6.54 Å². The van der Waals surface area contributed by atoms with Gasteiger partial charge in [-0.15, -0.1) is 0 Å². The van der Waals surface area contributed by atoms with E-state index in [0.29, 0.717) is 18.2 Å². The van der Waals surface area contributed by atoms with Crippen molar-refractivity contribution in [1.82, 2.24) is 10.5 Å². The van der Waals surface area contributed by atoms with Gasteiger partial charge in [0.25, 0.3) is 5.91 Å². The SMILES string of the molecule is CC(N)CCNC(=O)c1cc(C2CC2)on1. The summed E-state index contributed by atoms with van der Waals surface area (Å²) in [6.07, 6.45) is 3.04. The Bertz CT molecular complexity index is 369. The lowest BCUT2D eigenvalue weighted by atomic mass is 10.2. The number of carbonyl (C=O) groups is 1. The van der Waals surface area contributed by atoms with E-state index in [1.807, 2.05) is 6.92 Å². The van der Waals surface area contributed by atoms with Crippen LogP contribution in [0.25, 0.3) is 0 Å². The van der Waals surface area contributed by atoms with Crippen LogP contribution in [0, 0.1) is 0 Å². The Labute approximate surface area is 94.4 Å². The number of nitrogens with one attached hydrogen (secondary N) is 1. The van der Waals surface area contributed by atoms with E-state index in [0.717, 1.165) is 25.0 Å². The van der Waals surface area contributed by atoms with E-state index >= 15 is 0 Å². The lowest BCUT2D eigenvalue weighted by Gasteiger charge is -2.04. The lowest BCUT2D eigenvalue weighted by molar-refractivity contribution is 0.0943. The third-order valence-electron chi connectivity index (χ3n) is 2.63. The van der Waals surface area contributed by atoms with Crippen LogP contribution in [0.3, 0.4) is 0 Å². The Kier molecular flexibility index (Phi) is 3.24. The molecule has 1 aliphatic carbocycles. The third kappa shape index (κ3) is 2.82. The van der Waals surface area contributed by atoms with Crippen molar-refractivity contribution >= 4 is 5.91 Å². The molecule has 0 spiro atoms. The van der Waals surface area contributed by atoms with Crippen LogP contribution < -0.4 is 11.1 Å². The van der Waals surface area contributed by atoms with E-state index in [4.69, 9.17) is 10.3 Å². The number of nitrogens with two attached hydrogens (primary N) is 1. The maximum Gasteiger partial charge on any atom is 0.273 e. The summed E-state index contributed by atoms with van der Waals surface area (Å²) >= 11 is 0. The standard InChI is InChI=1S/C11H17N3O2/c1-7(12)4-5-13-11(15)9-6-10(16-14-9)8-2-3-8/h6-8H,2-5,12H2,1H3,(H,13,15). The van der Waals surface area contributed by atoms with Gasteiger partial charge < -0.3 is 15.6 Å². The molecular formula is C11H17N3O2. The van der Waals surface area contributed by atoms with Crippen molar-refractivity contribution in [3.63, 3.8) is 0 Å². The second-order valence-electron chi connectivity index (χ2n) is 4.41. The van der Waals surface area contributed by atoms with E-state index in [-0.39, 0.29) is 11.9 Å². The largest absolute Gasteiger partial charge is 0.360 e. The van der Waals surface area contributed by atoms with Gasteiger partial charge in [-0.05, 0) is 26.2 Å². The minimum absolute atomic E-state index is 0.0969. The van der Waals surface area contributed by atoms with Gasteiger partial charge >= 0.3 is 0 Å².